The second kappa shape index (κ2) is 5.33. The monoisotopic (exact) mass is 309 g/mol. The quantitative estimate of drug-likeness (QED) is 0.893. The average molecular weight is 309 g/mol. The van der Waals surface area contributed by atoms with Gasteiger partial charge in [-0.25, -0.2) is 4.79 Å². The summed E-state index contributed by atoms with van der Waals surface area (Å²) in [5, 5.41) is 12.2. The first-order valence-electron chi connectivity index (χ1n) is 6.47. The molecule has 0 aromatic heterocycles. The molecule has 2 unspecified atom stereocenters. The summed E-state index contributed by atoms with van der Waals surface area (Å²) in [5.74, 6) is 0.604. The van der Waals surface area contributed by atoms with Gasteiger partial charge in [-0.05, 0) is 23.8 Å². The van der Waals surface area contributed by atoms with Crippen LogP contribution in [0.2, 0.25) is 0 Å². The van der Waals surface area contributed by atoms with Gasteiger partial charge in [-0.3, -0.25) is 4.79 Å². The summed E-state index contributed by atoms with van der Waals surface area (Å²) >= 11 is 3.23. The Labute approximate surface area is 125 Å². The lowest BCUT2D eigenvalue weighted by Crippen LogP contribution is -2.55. The van der Waals surface area contributed by atoms with Gasteiger partial charge >= 0.3 is 5.97 Å². The van der Waals surface area contributed by atoms with E-state index in [0.29, 0.717) is 17.9 Å². The van der Waals surface area contributed by atoms with Gasteiger partial charge < -0.3 is 10.4 Å². The van der Waals surface area contributed by atoms with Crippen LogP contribution < -0.4 is 5.32 Å². The number of rotatable bonds is 3. The van der Waals surface area contributed by atoms with Gasteiger partial charge in [-0.15, -0.1) is 11.8 Å². The van der Waals surface area contributed by atoms with Gasteiger partial charge in [0.25, 0.3) is 0 Å². The maximum atomic E-state index is 12.5. The zero-order valence-electron chi connectivity index (χ0n) is 10.8. The highest BCUT2D eigenvalue weighted by Crippen LogP contribution is 2.40. The molecule has 1 aromatic rings. The van der Waals surface area contributed by atoms with Crippen LogP contribution in [0.15, 0.2) is 29.2 Å². The van der Waals surface area contributed by atoms with E-state index in [9.17, 15) is 14.7 Å². The average Bonchev–Trinajstić information content (AvgIpc) is 3.05. The molecule has 2 atom stereocenters. The first kappa shape index (κ1) is 13.8. The smallest absolute Gasteiger partial charge is 0.330 e. The summed E-state index contributed by atoms with van der Waals surface area (Å²) < 4.78 is 0. The highest BCUT2D eigenvalue weighted by Gasteiger charge is 2.45. The molecule has 0 spiro atoms. The number of fused-ring (bicyclic) bond motifs is 1. The lowest BCUT2D eigenvalue weighted by molar-refractivity contribution is -0.146. The molecule has 106 valence electrons. The summed E-state index contributed by atoms with van der Waals surface area (Å²) in [6, 6.07) is 7.84. The van der Waals surface area contributed by atoms with E-state index in [1.54, 1.807) is 23.5 Å². The van der Waals surface area contributed by atoms with Crippen molar-refractivity contribution in [3.63, 3.8) is 0 Å². The second-order valence-electron chi connectivity index (χ2n) is 5.08. The van der Waals surface area contributed by atoms with Gasteiger partial charge in [0.1, 0.15) is 5.54 Å². The molecule has 0 saturated carbocycles. The molecule has 1 saturated heterocycles. The number of aliphatic carboxylic acids is 1. The fourth-order valence-corrected chi connectivity index (χ4v) is 5.14. The highest BCUT2D eigenvalue weighted by molar-refractivity contribution is 7.99. The van der Waals surface area contributed by atoms with Crippen LogP contribution in [0.25, 0.3) is 0 Å². The summed E-state index contributed by atoms with van der Waals surface area (Å²) in [6.07, 6.45) is 0.500. The molecular weight excluding hydrogens is 294 g/mol. The number of carbonyl (C=O) groups is 2. The third-order valence-corrected chi connectivity index (χ3v) is 6.18. The van der Waals surface area contributed by atoms with Crippen LogP contribution >= 0.6 is 23.5 Å². The molecular formula is C14H15NO3S2. The Morgan fingerprint density at radius 1 is 1.35 bits per heavy atom. The number of amides is 1. The number of carboxylic acids is 1. The molecule has 1 amide bonds. The molecule has 2 heterocycles. The molecule has 1 fully saturated rings. The molecule has 1 aromatic carbocycles. The lowest BCUT2D eigenvalue weighted by atomic mass is 9.95. The number of nitrogens with one attached hydrogen (secondary N) is 1. The number of hydrogen-bond acceptors (Lipinski definition) is 4. The molecule has 20 heavy (non-hydrogen) atoms. The largest absolute Gasteiger partial charge is 0.479 e. The normalized spacial score (nSPS) is 28.1. The predicted octanol–water partition coefficient (Wildman–Crippen LogP) is 1.95. The van der Waals surface area contributed by atoms with E-state index in [-0.39, 0.29) is 11.8 Å². The van der Waals surface area contributed by atoms with E-state index in [1.165, 1.54) is 0 Å². The van der Waals surface area contributed by atoms with Crippen molar-refractivity contribution in [1.29, 1.82) is 0 Å². The van der Waals surface area contributed by atoms with Crippen molar-refractivity contribution in [1.82, 2.24) is 5.32 Å². The number of thioether (sulfide) groups is 2. The maximum absolute atomic E-state index is 12.5. The molecule has 4 nitrogen and oxygen atoms in total. The summed E-state index contributed by atoms with van der Waals surface area (Å²) in [6.45, 7) is 0. The van der Waals surface area contributed by atoms with Crippen molar-refractivity contribution in [2.45, 2.75) is 22.8 Å². The minimum atomic E-state index is -1.08. The van der Waals surface area contributed by atoms with Gasteiger partial charge in [-0.2, -0.15) is 11.8 Å². The van der Waals surface area contributed by atoms with Gasteiger partial charge in [-0.1, -0.05) is 18.2 Å². The Morgan fingerprint density at radius 2 is 2.15 bits per heavy atom. The fraction of sp³-hybridized carbons (Fsp3) is 0.429. The van der Waals surface area contributed by atoms with Crippen molar-refractivity contribution in [2.75, 3.05) is 17.3 Å². The van der Waals surface area contributed by atoms with E-state index in [2.05, 4.69) is 5.32 Å². The van der Waals surface area contributed by atoms with Crippen LogP contribution in [0.5, 0.6) is 0 Å². The second-order valence-corrected chi connectivity index (χ2v) is 7.25. The van der Waals surface area contributed by atoms with Gasteiger partial charge in [0.2, 0.25) is 5.91 Å². The first-order valence-corrected chi connectivity index (χ1v) is 8.61. The third-order valence-electron chi connectivity index (χ3n) is 3.81. The summed E-state index contributed by atoms with van der Waals surface area (Å²) in [7, 11) is 0. The first-order chi connectivity index (χ1) is 9.62. The molecule has 0 bridgehead atoms. The van der Waals surface area contributed by atoms with Crippen molar-refractivity contribution in [3.8, 4) is 0 Å². The van der Waals surface area contributed by atoms with Crippen LogP contribution in [-0.2, 0) is 9.59 Å². The fourth-order valence-electron chi connectivity index (χ4n) is 2.59. The molecule has 2 aliphatic rings. The molecule has 0 aliphatic carbocycles. The maximum Gasteiger partial charge on any atom is 0.330 e. The Balaban J connectivity index is 1.79. The molecule has 0 radical (unpaired) electrons. The van der Waals surface area contributed by atoms with Gasteiger partial charge in [0.05, 0.1) is 5.92 Å². The van der Waals surface area contributed by atoms with Crippen LogP contribution in [0.4, 0.5) is 0 Å². The van der Waals surface area contributed by atoms with Gasteiger partial charge in [0.15, 0.2) is 0 Å². The minimum absolute atomic E-state index is 0.160. The molecule has 2 N–H and O–H groups in total. The van der Waals surface area contributed by atoms with Crippen LogP contribution in [0.3, 0.4) is 0 Å². The SMILES string of the molecule is O=C(NC1(C(=O)O)CCSC1)C1CSc2ccccc21. The standard InChI is InChI=1S/C14H15NO3S2/c16-12(15-14(13(17)18)5-6-19-8-14)10-7-20-11-4-2-1-3-9(10)11/h1-4,10H,5-8H2,(H,15,16)(H,17,18). The Morgan fingerprint density at radius 3 is 2.85 bits per heavy atom. The topological polar surface area (TPSA) is 66.4 Å². The lowest BCUT2D eigenvalue weighted by Gasteiger charge is -2.26. The van der Waals surface area contributed by atoms with Crippen LogP contribution in [0, 0.1) is 0 Å². The number of carbonyl (C=O) groups excluding carboxylic acids is 1. The number of benzene rings is 1. The Bertz CT molecular complexity index is 555. The van der Waals surface area contributed by atoms with Crippen molar-refractivity contribution in [2.24, 2.45) is 0 Å². The van der Waals surface area contributed by atoms with Crippen molar-refractivity contribution in [3.05, 3.63) is 29.8 Å². The van der Waals surface area contributed by atoms with E-state index < -0.39 is 11.5 Å². The van der Waals surface area contributed by atoms with E-state index in [4.69, 9.17) is 0 Å². The third kappa shape index (κ3) is 2.31. The zero-order valence-corrected chi connectivity index (χ0v) is 12.4. The van der Waals surface area contributed by atoms with E-state index in [0.717, 1.165) is 16.2 Å². The number of carboxylic acid groups (broad SMARTS) is 1. The Hall–Kier alpha value is -1.14. The predicted molar refractivity (Wildman–Crippen MR) is 80.4 cm³/mol. The van der Waals surface area contributed by atoms with Crippen molar-refractivity contribution < 1.29 is 14.7 Å². The molecule has 3 rings (SSSR count). The zero-order chi connectivity index (χ0) is 14.2. The van der Waals surface area contributed by atoms with Crippen LogP contribution in [0.1, 0.15) is 17.9 Å². The van der Waals surface area contributed by atoms with E-state index in [1.807, 2.05) is 24.3 Å². The number of hydrogen-bond donors (Lipinski definition) is 2. The molecule has 2 aliphatic heterocycles. The van der Waals surface area contributed by atoms with Gasteiger partial charge in [0, 0.05) is 16.4 Å². The van der Waals surface area contributed by atoms with Crippen molar-refractivity contribution >= 4 is 35.4 Å². The minimum Gasteiger partial charge on any atom is -0.479 e. The van der Waals surface area contributed by atoms with E-state index >= 15 is 0 Å². The summed E-state index contributed by atoms with van der Waals surface area (Å²) in [5.41, 5.74) is -0.0644. The molecule has 6 heteroatoms. The highest BCUT2D eigenvalue weighted by atomic mass is 32.2. The Kier molecular flexibility index (Phi) is 3.69. The summed E-state index contributed by atoms with van der Waals surface area (Å²) in [4.78, 5) is 25.1. The van der Waals surface area contributed by atoms with Crippen LogP contribution in [-0.4, -0.2) is 39.8 Å².